The molecule has 0 atom stereocenters. The summed E-state index contributed by atoms with van der Waals surface area (Å²) >= 11 is 5.84. The molecule has 0 bridgehead atoms. The number of carbonyl (C=O) groups is 2. The van der Waals surface area contributed by atoms with Crippen molar-refractivity contribution in [1.29, 1.82) is 0 Å². The van der Waals surface area contributed by atoms with Crippen LogP contribution in [0.1, 0.15) is 26.3 Å². The Kier molecular flexibility index (Phi) is 4.81. The molecule has 0 unspecified atom stereocenters. The van der Waals surface area contributed by atoms with Gasteiger partial charge in [0, 0.05) is 43.5 Å². The van der Waals surface area contributed by atoms with Crippen LogP contribution in [0.25, 0.3) is 0 Å². The first-order valence-electron chi connectivity index (χ1n) is 7.81. The van der Waals surface area contributed by atoms with Crippen molar-refractivity contribution in [2.45, 2.75) is 6.92 Å². The van der Waals surface area contributed by atoms with Crippen molar-refractivity contribution in [2.75, 3.05) is 26.2 Å². The van der Waals surface area contributed by atoms with E-state index in [9.17, 15) is 9.59 Å². The monoisotopic (exact) mass is 343 g/mol. The Balaban J connectivity index is 1.62. The summed E-state index contributed by atoms with van der Waals surface area (Å²) in [6.07, 6.45) is 1.52. The Morgan fingerprint density at radius 1 is 0.917 bits per heavy atom. The second-order valence-corrected chi connectivity index (χ2v) is 6.20. The van der Waals surface area contributed by atoms with Crippen LogP contribution in [-0.4, -0.2) is 52.8 Å². The Morgan fingerprint density at radius 3 is 2.00 bits per heavy atom. The van der Waals surface area contributed by atoms with Gasteiger partial charge in [-0.05, 0) is 31.2 Å². The molecule has 24 heavy (non-hydrogen) atoms. The van der Waals surface area contributed by atoms with Gasteiger partial charge in [0.25, 0.3) is 11.8 Å². The molecular formula is C18H18ClN3O2. The Labute approximate surface area is 145 Å². The van der Waals surface area contributed by atoms with Crippen LogP contribution in [0.5, 0.6) is 0 Å². The lowest BCUT2D eigenvalue weighted by molar-refractivity contribution is 0.0535. The number of hydrogen-bond acceptors (Lipinski definition) is 3. The van der Waals surface area contributed by atoms with Crippen LogP contribution in [0.2, 0.25) is 5.15 Å². The average Bonchev–Trinajstić information content (AvgIpc) is 2.61. The number of hydrogen-bond donors (Lipinski definition) is 0. The SMILES string of the molecule is Cc1ccc(C(=O)N2CCN(C(=O)c3ccnc(Cl)c3)CC2)cc1. The number of piperazine rings is 1. The molecule has 1 aliphatic heterocycles. The molecule has 3 rings (SSSR count). The molecular weight excluding hydrogens is 326 g/mol. The maximum atomic E-state index is 12.5. The molecule has 0 aliphatic carbocycles. The molecule has 1 aliphatic rings. The quantitative estimate of drug-likeness (QED) is 0.788. The van der Waals surface area contributed by atoms with Gasteiger partial charge in [0.05, 0.1) is 0 Å². The van der Waals surface area contributed by atoms with Crippen LogP contribution >= 0.6 is 11.6 Å². The lowest BCUT2D eigenvalue weighted by Gasteiger charge is -2.34. The molecule has 0 saturated carbocycles. The molecule has 1 aromatic carbocycles. The minimum absolute atomic E-state index is 0.00838. The molecule has 0 spiro atoms. The van der Waals surface area contributed by atoms with E-state index >= 15 is 0 Å². The zero-order chi connectivity index (χ0) is 17.1. The van der Waals surface area contributed by atoms with Gasteiger partial charge in [0.2, 0.25) is 0 Å². The van der Waals surface area contributed by atoms with Gasteiger partial charge in [0.1, 0.15) is 5.15 Å². The van der Waals surface area contributed by atoms with Gasteiger partial charge in [0.15, 0.2) is 0 Å². The lowest BCUT2D eigenvalue weighted by atomic mass is 10.1. The smallest absolute Gasteiger partial charge is 0.254 e. The van der Waals surface area contributed by atoms with Crippen molar-refractivity contribution >= 4 is 23.4 Å². The molecule has 2 heterocycles. The first-order valence-corrected chi connectivity index (χ1v) is 8.19. The Bertz CT molecular complexity index is 753. The van der Waals surface area contributed by atoms with Crippen LogP contribution in [0, 0.1) is 6.92 Å². The van der Waals surface area contributed by atoms with E-state index in [4.69, 9.17) is 11.6 Å². The summed E-state index contributed by atoms with van der Waals surface area (Å²) < 4.78 is 0. The van der Waals surface area contributed by atoms with E-state index in [0.717, 1.165) is 5.56 Å². The van der Waals surface area contributed by atoms with Crippen molar-refractivity contribution < 1.29 is 9.59 Å². The number of rotatable bonds is 2. The van der Waals surface area contributed by atoms with Crippen LogP contribution in [0.15, 0.2) is 42.6 Å². The number of aryl methyl sites for hydroxylation is 1. The fraction of sp³-hybridized carbons (Fsp3) is 0.278. The maximum absolute atomic E-state index is 12.5. The van der Waals surface area contributed by atoms with Crippen LogP contribution in [0.4, 0.5) is 0 Å². The third kappa shape index (κ3) is 3.57. The Hall–Kier alpha value is -2.40. The molecule has 2 amide bonds. The number of pyridine rings is 1. The number of nitrogens with zero attached hydrogens (tertiary/aromatic N) is 3. The zero-order valence-corrected chi connectivity index (χ0v) is 14.2. The number of amides is 2. The molecule has 5 nitrogen and oxygen atoms in total. The van der Waals surface area contributed by atoms with E-state index in [1.165, 1.54) is 6.20 Å². The van der Waals surface area contributed by atoms with Crippen LogP contribution in [0.3, 0.4) is 0 Å². The standard InChI is InChI=1S/C18H18ClN3O2/c1-13-2-4-14(5-3-13)17(23)21-8-10-22(11-9-21)18(24)15-6-7-20-16(19)12-15/h2-7,12H,8-11H2,1H3. The molecule has 1 fully saturated rings. The van der Waals surface area contributed by atoms with Crippen LogP contribution < -0.4 is 0 Å². The molecule has 0 N–H and O–H groups in total. The largest absolute Gasteiger partial charge is 0.335 e. The Morgan fingerprint density at radius 2 is 1.46 bits per heavy atom. The minimum atomic E-state index is -0.0817. The summed E-state index contributed by atoms with van der Waals surface area (Å²) in [5.74, 6) is -0.0733. The number of benzene rings is 1. The van der Waals surface area contributed by atoms with Gasteiger partial charge in [-0.1, -0.05) is 29.3 Å². The predicted molar refractivity (Wildman–Crippen MR) is 92.2 cm³/mol. The molecule has 2 aromatic rings. The predicted octanol–water partition coefficient (Wildman–Crippen LogP) is 2.64. The third-order valence-electron chi connectivity index (χ3n) is 4.13. The molecule has 1 saturated heterocycles. The highest BCUT2D eigenvalue weighted by Gasteiger charge is 2.25. The van der Waals surface area contributed by atoms with E-state index < -0.39 is 0 Å². The highest BCUT2D eigenvalue weighted by molar-refractivity contribution is 6.29. The first kappa shape index (κ1) is 16.5. The highest BCUT2D eigenvalue weighted by Crippen LogP contribution is 2.14. The van der Waals surface area contributed by atoms with E-state index in [1.807, 2.05) is 31.2 Å². The van der Waals surface area contributed by atoms with Crippen molar-refractivity contribution in [3.05, 3.63) is 64.4 Å². The van der Waals surface area contributed by atoms with E-state index in [1.54, 1.807) is 21.9 Å². The fourth-order valence-electron chi connectivity index (χ4n) is 2.71. The zero-order valence-electron chi connectivity index (χ0n) is 13.4. The van der Waals surface area contributed by atoms with Crippen molar-refractivity contribution in [1.82, 2.24) is 14.8 Å². The maximum Gasteiger partial charge on any atom is 0.254 e. The summed E-state index contributed by atoms with van der Waals surface area (Å²) in [5, 5.41) is 0.300. The molecule has 0 radical (unpaired) electrons. The van der Waals surface area contributed by atoms with E-state index in [2.05, 4.69) is 4.98 Å². The molecule has 6 heteroatoms. The number of aromatic nitrogens is 1. The lowest BCUT2D eigenvalue weighted by Crippen LogP contribution is -2.50. The number of halogens is 1. The first-order chi connectivity index (χ1) is 11.5. The van der Waals surface area contributed by atoms with Crippen LogP contribution in [-0.2, 0) is 0 Å². The molecule has 1 aromatic heterocycles. The van der Waals surface area contributed by atoms with Gasteiger partial charge in [-0.3, -0.25) is 9.59 Å². The van der Waals surface area contributed by atoms with Gasteiger partial charge < -0.3 is 9.80 Å². The summed E-state index contributed by atoms with van der Waals surface area (Å²) in [6.45, 7) is 4.06. The van der Waals surface area contributed by atoms with Crippen molar-refractivity contribution in [2.24, 2.45) is 0 Å². The van der Waals surface area contributed by atoms with Gasteiger partial charge in [-0.2, -0.15) is 0 Å². The second kappa shape index (κ2) is 7.01. The third-order valence-corrected chi connectivity index (χ3v) is 4.33. The topological polar surface area (TPSA) is 53.5 Å². The van der Waals surface area contributed by atoms with Crippen molar-refractivity contribution in [3.8, 4) is 0 Å². The van der Waals surface area contributed by atoms with Gasteiger partial charge in [-0.25, -0.2) is 4.98 Å². The summed E-state index contributed by atoms with van der Waals surface area (Å²) in [6, 6.07) is 10.8. The summed E-state index contributed by atoms with van der Waals surface area (Å²) in [7, 11) is 0. The highest BCUT2D eigenvalue weighted by atomic mass is 35.5. The normalized spacial score (nSPS) is 14.6. The summed E-state index contributed by atoms with van der Waals surface area (Å²) in [4.78, 5) is 32.4. The average molecular weight is 344 g/mol. The molecule has 124 valence electrons. The van der Waals surface area contributed by atoms with E-state index in [0.29, 0.717) is 42.5 Å². The van der Waals surface area contributed by atoms with E-state index in [-0.39, 0.29) is 11.8 Å². The number of carbonyl (C=O) groups excluding carboxylic acids is 2. The fourth-order valence-corrected chi connectivity index (χ4v) is 2.88. The van der Waals surface area contributed by atoms with Crippen molar-refractivity contribution in [3.63, 3.8) is 0 Å². The minimum Gasteiger partial charge on any atom is -0.335 e. The summed E-state index contributed by atoms with van der Waals surface area (Å²) in [5.41, 5.74) is 2.33. The van der Waals surface area contributed by atoms with Gasteiger partial charge in [-0.15, -0.1) is 0 Å². The van der Waals surface area contributed by atoms with Gasteiger partial charge >= 0.3 is 0 Å². The second-order valence-electron chi connectivity index (χ2n) is 5.82.